The fourth-order valence-corrected chi connectivity index (χ4v) is 5.48. The third kappa shape index (κ3) is 5.52. The van der Waals surface area contributed by atoms with Crippen molar-refractivity contribution < 1.29 is 0 Å². The standard InChI is InChI=1S/C25H34ClN5S/c1-18-16-22(31-15-7-4-8-19(31)2)29-23(28-18)30-24(32)27-17-25(13-5-3-6-14-25)20-9-11-21(26)12-10-20/h9-12,16,19H,3-8,13-15,17H2,1-2H3,(H2,27,28,29,30,32). The Morgan fingerprint density at radius 1 is 1.12 bits per heavy atom. The second-order valence-electron chi connectivity index (χ2n) is 9.38. The smallest absolute Gasteiger partial charge is 0.231 e. The lowest BCUT2D eigenvalue weighted by Crippen LogP contribution is -2.43. The molecule has 2 N–H and O–H groups in total. The van der Waals surface area contributed by atoms with Crippen LogP contribution in [0.2, 0.25) is 5.02 Å². The zero-order chi connectivity index (χ0) is 22.6. The first-order chi connectivity index (χ1) is 15.4. The number of hydrogen-bond acceptors (Lipinski definition) is 4. The first kappa shape index (κ1) is 23.2. The number of aromatic nitrogens is 2. The van der Waals surface area contributed by atoms with Crippen molar-refractivity contribution in [3.63, 3.8) is 0 Å². The van der Waals surface area contributed by atoms with Gasteiger partial charge < -0.3 is 15.5 Å². The molecule has 1 saturated heterocycles. The van der Waals surface area contributed by atoms with E-state index in [4.69, 9.17) is 28.8 Å². The quantitative estimate of drug-likeness (QED) is 0.521. The Balaban J connectivity index is 1.44. The summed E-state index contributed by atoms with van der Waals surface area (Å²) in [5.41, 5.74) is 2.37. The number of piperidine rings is 1. The molecule has 32 heavy (non-hydrogen) atoms. The van der Waals surface area contributed by atoms with Crippen LogP contribution in [0.1, 0.15) is 69.5 Å². The largest absolute Gasteiger partial charge is 0.361 e. The molecule has 2 fully saturated rings. The van der Waals surface area contributed by atoms with E-state index in [1.54, 1.807) is 0 Å². The van der Waals surface area contributed by atoms with Crippen LogP contribution in [0.4, 0.5) is 11.8 Å². The maximum Gasteiger partial charge on any atom is 0.231 e. The van der Waals surface area contributed by atoms with E-state index in [1.807, 2.05) is 19.1 Å². The molecule has 2 aliphatic rings. The van der Waals surface area contributed by atoms with Crippen molar-refractivity contribution in [3.8, 4) is 0 Å². The van der Waals surface area contributed by atoms with Crippen LogP contribution in [-0.4, -0.2) is 34.2 Å². The average Bonchev–Trinajstić information content (AvgIpc) is 2.79. The van der Waals surface area contributed by atoms with Gasteiger partial charge in [0.25, 0.3) is 0 Å². The topological polar surface area (TPSA) is 53.1 Å². The van der Waals surface area contributed by atoms with Gasteiger partial charge in [-0.05, 0) is 75.9 Å². The number of thiocarbonyl (C=S) groups is 1. The van der Waals surface area contributed by atoms with E-state index in [0.29, 0.717) is 17.1 Å². The minimum atomic E-state index is 0.0798. The van der Waals surface area contributed by atoms with Crippen LogP contribution < -0.4 is 15.5 Å². The molecule has 172 valence electrons. The molecule has 1 aliphatic carbocycles. The number of hydrogen-bond donors (Lipinski definition) is 2. The summed E-state index contributed by atoms with van der Waals surface area (Å²) in [6, 6.07) is 10.9. The minimum absolute atomic E-state index is 0.0798. The van der Waals surface area contributed by atoms with Gasteiger partial charge in [0.05, 0.1) is 0 Å². The highest BCUT2D eigenvalue weighted by Crippen LogP contribution is 2.39. The Bertz CT molecular complexity index is 926. The van der Waals surface area contributed by atoms with E-state index >= 15 is 0 Å². The second-order valence-corrected chi connectivity index (χ2v) is 10.2. The molecule has 0 radical (unpaired) electrons. The van der Waals surface area contributed by atoms with E-state index in [-0.39, 0.29) is 5.41 Å². The van der Waals surface area contributed by atoms with Gasteiger partial charge in [0.15, 0.2) is 5.11 Å². The Labute approximate surface area is 202 Å². The molecule has 1 saturated carbocycles. The zero-order valence-corrected chi connectivity index (χ0v) is 20.7. The van der Waals surface area contributed by atoms with Gasteiger partial charge in [-0.3, -0.25) is 0 Å². The van der Waals surface area contributed by atoms with Gasteiger partial charge in [0, 0.05) is 41.3 Å². The molecule has 1 atom stereocenters. The number of rotatable bonds is 5. The van der Waals surface area contributed by atoms with E-state index in [1.165, 1.54) is 44.1 Å². The van der Waals surface area contributed by atoms with E-state index < -0.39 is 0 Å². The Kier molecular flexibility index (Phi) is 7.51. The van der Waals surface area contributed by atoms with Gasteiger partial charge in [-0.1, -0.05) is 43.0 Å². The molecule has 0 bridgehead atoms. The van der Waals surface area contributed by atoms with E-state index in [0.717, 1.165) is 42.5 Å². The molecule has 4 rings (SSSR count). The number of benzene rings is 1. The van der Waals surface area contributed by atoms with Gasteiger partial charge in [-0.2, -0.15) is 4.98 Å². The van der Waals surface area contributed by atoms with Crippen LogP contribution in [0.5, 0.6) is 0 Å². The molecule has 1 aliphatic heterocycles. The number of aryl methyl sites for hydroxylation is 1. The van der Waals surface area contributed by atoms with E-state index in [2.05, 4.69) is 45.6 Å². The normalized spacial score (nSPS) is 20.6. The lowest BCUT2D eigenvalue weighted by molar-refractivity contribution is 0.292. The second kappa shape index (κ2) is 10.3. The Morgan fingerprint density at radius 2 is 1.88 bits per heavy atom. The summed E-state index contributed by atoms with van der Waals surface area (Å²) in [4.78, 5) is 11.8. The van der Waals surface area contributed by atoms with Crippen molar-refractivity contribution in [2.75, 3.05) is 23.3 Å². The summed E-state index contributed by atoms with van der Waals surface area (Å²) in [7, 11) is 0. The molecular weight excluding hydrogens is 438 g/mol. The summed E-state index contributed by atoms with van der Waals surface area (Å²) >= 11 is 11.8. The van der Waals surface area contributed by atoms with Crippen molar-refractivity contribution >= 4 is 40.7 Å². The summed E-state index contributed by atoms with van der Waals surface area (Å²) in [5.74, 6) is 1.55. The summed E-state index contributed by atoms with van der Waals surface area (Å²) in [6.07, 6.45) is 9.79. The predicted molar refractivity (Wildman–Crippen MR) is 138 cm³/mol. The molecule has 2 heterocycles. The monoisotopic (exact) mass is 471 g/mol. The molecule has 7 heteroatoms. The van der Waals surface area contributed by atoms with Gasteiger partial charge in [-0.15, -0.1) is 0 Å². The van der Waals surface area contributed by atoms with Crippen LogP contribution in [-0.2, 0) is 5.41 Å². The highest BCUT2D eigenvalue weighted by molar-refractivity contribution is 7.80. The molecule has 1 unspecified atom stereocenters. The van der Waals surface area contributed by atoms with Gasteiger partial charge in [0.2, 0.25) is 5.95 Å². The summed E-state index contributed by atoms with van der Waals surface area (Å²) in [5, 5.41) is 8.07. The highest BCUT2D eigenvalue weighted by atomic mass is 35.5. The highest BCUT2D eigenvalue weighted by Gasteiger charge is 2.34. The van der Waals surface area contributed by atoms with Crippen LogP contribution >= 0.6 is 23.8 Å². The fraction of sp³-hybridized carbons (Fsp3) is 0.560. The number of nitrogens with zero attached hydrogens (tertiary/aromatic N) is 3. The molecular formula is C25H34ClN5S. The van der Waals surface area contributed by atoms with Crippen molar-refractivity contribution in [2.24, 2.45) is 0 Å². The van der Waals surface area contributed by atoms with Crippen LogP contribution in [0.3, 0.4) is 0 Å². The molecule has 1 aromatic carbocycles. The van der Waals surface area contributed by atoms with Crippen molar-refractivity contribution in [1.82, 2.24) is 15.3 Å². The molecule has 5 nitrogen and oxygen atoms in total. The number of halogens is 1. The summed E-state index contributed by atoms with van der Waals surface area (Å²) < 4.78 is 0. The van der Waals surface area contributed by atoms with E-state index in [9.17, 15) is 0 Å². The lowest BCUT2D eigenvalue weighted by Gasteiger charge is -2.38. The lowest BCUT2D eigenvalue weighted by atomic mass is 9.69. The first-order valence-electron chi connectivity index (χ1n) is 11.9. The van der Waals surface area contributed by atoms with Gasteiger partial charge >= 0.3 is 0 Å². The predicted octanol–water partition coefficient (Wildman–Crippen LogP) is 6.01. The summed E-state index contributed by atoms with van der Waals surface area (Å²) in [6.45, 7) is 6.13. The molecule has 0 spiro atoms. The fourth-order valence-electron chi connectivity index (χ4n) is 5.19. The SMILES string of the molecule is Cc1cc(N2CCCCC2C)nc(NC(=S)NCC2(c3ccc(Cl)cc3)CCCCC2)n1. The maximum absolute atomic E-state index is 6.14. The number of anilines is 2. The van der Waals surface area contributed by atoms with Crippen molar-refractivity contribution in [2.45, 2.75) is 76.7 Å². The van der Waals surface area contributed by atoms with Gasteiger partial charge in [-0.25, -0.2) is 4.98 Å². The average molecular weight is 472 g/mol. The molecule has 2 aromatic rings. The van der Waals surface area contributed by atoms with Crippen LogP contribution in [0.25, 0.3) is 0 Å². The Morgan fingerprint density at radius 3 is 2.59 bits per heavy atom. The minimum Gasteiger partial charge on any atom is -0.361 e. The molecule has 1 aromatic heterocycles. The maximum atomic E-state index is 6.14. The van der Waals surface area contributed by atoms with Crippen molar-refractivity contribution in [1.29, 1.82) is 0 Å². The van der Waals surface area contributed by atoms with Crippen LogP contribution in [0, 0.1) is 6.92 Å². The first-order valence-corrected chi connectivity index (χ1v) is 12.7. The van der Waals surface area contributed by atoms with Crippen molar-refractivity contribution in [3.05, 3.63) is 46.6 Å². The molecule has 0 amide bonds. The third-order valence-electron chi connectivity index (χ3n) is 7.02. The number of nitrogens with one attached hydrogen (secondary N) is 2. The Hall–Kier alpha value is -1.92. The van der Waals surface area contributed by atoms with Crippen LogP contribution in [0.15, 0.2) is 30.3 Å². The third-order valence-corrected chi connectivity index (χ3v) is 7.52. The zero-order valence-electron chi connectivity index (χ0n) is 19.2. The van der Waals surface area contributed by atoms with Gasteiger partial charge in [0.1, 0.15) is 5.82 Å².